The number of hydrogen-bond donors (Lipinski definition) is 0. The van der Waals surface area contributed by atoms with E-state index in [-0.39, 0.29) is 17.8 Å². The van der Waals surface area contributed by atoms with Crippen molar-refractivity contribution in [3.8, 4) is 0 Å². The summed E-state index contributed by atoms with van der Waals surface area (Å²) in [6.07, 6.45) is 3.81. The number of carbonyl (C=O) groups excluding carboxylic acids is 2. The molecular formula is C8H4O3. The van der Waals surface area contributed by atoms with Gasteiger partial charge < -0.3 is 4.74 Å². The number of esters is 2. The van der Waals surface area contributed by atoms with Crippen LogP contribution in [-0.2, 0) is 14.3 Å². The summed E-state index contributed by atoms with van der Waals surface area (Å²) in [5.41, 5.74) is 1.60. The summed E-state index contributed by atoms with van der Waals surface area (Å²) in [6.45, 7) is 0. The van der Waals surface area contributed by atoms with Crippen molar-refractivity contribution in [2.45, 2.75) is 0 Å². The first-order chi connectivity index (χ1) is 5.29. The van der Waals surface area contributed by atoms with Crippen molar-refractivity contribution >= 4 is 11.9 Å². The molecule has 3 rings (SSSR count). The zero-order valence-corrected chi connectivity index (χ0v) is 5.53. The maximum atomic E-state index is 10.9. The molecule has 3 aliphatic rings. The van der Waals surface area contributed by atoms with Crippen molar-refractivity contribution in [2.75, 3.05) is 0 Å². The van der Waals surface area contributed by atoms with Gasteiger partial charge in [-0.15, -0.1) is 0 Å². The van der Waals surface area contributed by atoms with E-state index in [0.717, 1.165) is 5.57 Å². The van der Waals surface area contributed by atoms with E-state index in [0.29, 0.717) is 5.57 Å². The summed E-state index contributed by atoms with van der Waals surface area (Å²) in [6, 6.07) is 0. The van der Waals surface area contributed by atoms with Crippen LogP contribution in [0, 0.1) is 11.8 Å². The van der Waals surface area contributed by atoms with Crippen molar-refractivity contribution in [3.05, 3.63) is 23.3 Å². The van der Waals surface area contributed by atoms with Crippen molar-refractivity contribution in [1.82, 2.24) is 0 Å². The fourth-order valence-electron chi connectivity index (χ4n) is 1.85. The van der Waals surface area contributed by atoms with Crippen LogP contribution in [0.2, 0.25) is 0 Å². The maximum Gasteiger partial charge on any atom is 0.342 e. The Kier molecular flexibility index (Phi) is 0.626. The Hall–Kier alpha value is -1.38. The van der Waals surface area contributed by atoms with Gasteiger partial charge in [0.05, 0.1) is 5.57 Å². The molecule has 3 nitrogen and oxygen atoms in total. The monoisotopic (exact) mass is 148 g/mol. The van der Waals surface area contributed by atoms with E-state index >= 15 is 0 Å². The lowest BCUT2D eigenvalue weighted by molar-refractivity contribution is -0.152. The summed E-state index contributed by atoms with van der Waals surface area (Å²) < 4.78 is 4.45. The zero-order chi connectivity index (χ0) is 7.59. The van der Waals surface area contributed by atoms with E-state index in [2.05, 4.69) is 4.74 Å². The molecule has 2 aliphatic carbocycles. The third-order valence-electron chi connectivity index (χ3n) is 2.49. The standard InChI is InChI=1S/C8H4O3/c9-7-5-3-1-2-4(3)6(5)8(10)11-7/h1-3,5H. The molecule has 0 saturated carbocycles. The van der Waals surface area contributed by atoms with Crippen molar-refractivity contribution in [1.29, 1.82) is 0 Å². The Morgan fingerprint density at radius 3 is 2.73 bits per heavy atom. The zero-order valence-electron chi connectivity index (χ0n) is 5.53. The maximum absolute atomic E-state index is 10.9. The minimum absolute atomic E-state index is 0.198. The smallest absolute Gasteiger partial charge is 0.342 e. The molecule has 54 valence electrons. The summed E-state index contributed by atoms with van der Waals surface area (Å²) in [5, 5.41) is 0. The normalized spacial score (nSPS) is 37.5. The molecule has 3 heteroatoms. The molecule has 1 saturated heterocycles. The Morgan fingerprint density at radius 1 is 1.36 bits per heavy atom. The first-order valence-corrected chi connectivity index (χ1v) is 3.47. The van der Waals surface area contributed by atoms with Gasteiger partial charge in [-0.25, -0.2) is 4.79 Å². The second-order valence-electron chi connectivity index (χ2n) is 2.94. The molecule has 0 aromatic carbocycles. The van der Waals surface area contributed by atoms with Crippen molar-refractivity contribution in [3.63, 3.8) is 0 Å². The summed E-state index contributed by atoms with van der Waals surface area (Å²) in [4.78, 5) is 21.8. The number of carbonyl (C=O) groups is 2. The van der Waals surface area contributed by atoms with E-state index in [9.17, 15) is 9.59 Å². The molecule has 1 heterocycles. The van der Waals surface area contributed by atoms with Crippen LogP contribution in [0.1, 0.15) is 0 Å². The number of hydrogen-bond acceptors (Lipinski definition) is 3. The minimum Gasteiger partial charge on any atom is -0.389 e. The molecule has 2 unspecified atom stereocenters. The van der Waals surface area contributed by atoms with Crippen LogP contribution in [0.25, 0.3) is 0 Å². The Bertz CT molecular complexity index is 348. The molecule has 1 aliphatic heterocycles. The van der Waals surface area contributed by atoms with Gasteiger partial charge in [0.25, 0.3) is 0 Å². The third-order valence-corrected chi connectivity index (χ3v) is 2.49. The summed E-state index contributed by atoms with van der Waals surface area (Å²) in [7, 11) is 0. The molecule has 2 atom stereocenters. The molecule has 0 aromatic heterocycles. The van der Waals surface area contributed by atoms with Gasteiger partial charge in [-0.1, -0.05) is 12.2 Å². The molecule has 0 N–H and O–H groups in total. The van der Waals surface area contributed by atoms with Gasteiger partial charge >= 0.3 is 11.9 Å². The van der Waals surface area contributed by atoms with E-state index < -0.39 is 5.97 Å². The molecule has 0 spiro atoms. The van der Waals surface area contributed by atoms with Gasteiger partial charge in [0.15, 0.2) is 0 Å². The average Bonchev–Trinajstić information content (AvgIpc) is 2.11. The fraction of sp³-hybridized carbons (Fsp3) is 0.250. The van der Waals surface area contributed by atoms with Gasteiger partial charge in [0.1, 0.15) is 5.92 Å². The number of fused-ring (bicyclic) bond motifs is 3. The number of rotatable bonds is 0. The topological polar surface area (TPSA) is 43.4 Å². The van der Waals surface area contributed by atoms with Crippen LogP contribution < -0.4 is 0 Å². The predicted molar refractivity (Wildman–Crippen MR) is 34.2 cm³/mol. The lowest BCUT2D eigenvalue weighted by atomic mass is 9.63. The molecule has 0 amide bonds. The van der Waals surface area contributed by atoms with Crippen LogP contribution in [0.15, 0.2) is 23.3 Å². The van der Waals surface area contributed by atoms with Crippen LogP contribution in [0.4, 0.5) is 0 Å². The summed E-state index contributed by atoms with van der Waals surface area (Å²) >= 11 is 0. The quantitative estimate of drug-likeness (QED) is 0.363. The van der Waals surface area contributed by atoms with Crippen molar-refractivity contribution < 1.29 is 14.3 Å². The van der Waals surface area contributed by atoms with Gasteiger partial charge in [0, 0.05) is 5.92 Å². The summed E-state index contributed by atoms with van der Waals surface area (Å²) in [5.74, 6) is -0.856. The number of cyclic esters (lactones) is 2. The number of allylic oxidation sites excluding steroid dienone is 3. The highest BCUT2D eigenvalue weighted by molar-refractivity contribution is 6.12. The van der Waals surface area contributed by atoms with E-state index in [1.165, 1.54) is 0 Å². The van der Waals surface area contributed by atoms with Crippen molar-refractivity contribution in [2.24, 2.45) is 11.8 Å². The van der Waals surface area contributed by atoms with Crippen LogP contribution in [0.3, 0.4) is 0 Å². The SMILES string of the molecule is O=C1OC(=O)C2C1=C1C=CC12. The lowest BCUT2D eigenvalue weighted by Gasteiger charge is -2.36. The van der Waals surface area contributed by atoms with Crippen LogP contribution in [0.5, 0.6) is 0 Å². The molecule has 0 aromatic rings. The van der Waals surface area contributed by atoms with Gasteiger partial charge in [-0.05, 0) is 5.57 Å². The van der Waals surface area contributed by atoms with E-state index in [4.69, 9.17) is 0 Å². The molecule has 0 bridgehead atoms. The largest absolute Gasteiger partial charge is 0.389 e. The molecular weight excluding hydrogens is 144 g/mol. The Balaban J connectivity index is 2.20. The number of ether oxygens (including phenoxy) is 1. The molecule has 0 radical (unpaired) electrons. The molecule has 1 fully saturated rings. The van der Waals surface area contributed by atoms with Crippen LogP contribution >= 0.6 is 0 Å². The Labute approximate surface area is 62.3 Å². The van der Waals surface area contributed by atoms with E-state index in [1.807, 2.05) is 12.2 Å². The van der Waals surface area contributed by atoms with Gasteiger partial charge in [-0.3, -0.25) is 4.79 Å². The van der Waals surface area contributed by atoms with E-state index in [1.54, 1.807) is 0 Å². The highest BCUT2D eigenvalue weighted by Crippen LogP contribution is 2.52. The van der Waals surface area contributed by atoms with Gasteiger partial charge in [-0.2, -0.15) is 0 Å². The first-order valence-electron chi connectivity index (χ1n) is 3.47. The molecule has 11 heavy (non-hydrogen) atoms. The van der Waals surface area contributed by atoms with Gasteiger partial charge in [0.2, 0.25) is 0 Å². The highest BCUT2D eigenvalue weighted by atomic mass is 16.6. The lowest BCUT2D eigenvalue weighted by Crippen LogP contribution is -2.35. The Morgan fingerprint density at radius 2 is 2.18 bits per heavy atom. The fourth-order valence-corrected chi connectivity index (χ4v) is 1.85. The minimum atomic E-state index is -0.435. The second kappa shape index (κ2) is 1.30. The average molecular weight is 148 g/mol. The predicted octanol–water partition coefficient (Wildman–Crippen LogP) is 0.182. The third kappa shape index (κ3) is 0.378. The second-order valence-corrected chi connectivity index (χ2v) is 2.94. The van der Waals surface area contributed by atoms with Crippen LogP contribution in [-0.4, -0.2) is 11.9 Å². The first kappa shape index (κ1) is 5.29. The highest BCUT2D eigenvalue weighted by Gasteiger charge is 2.55.